The first kappa shape index (κ1) is 24.0. The first-order chi connectivity index (χ1) is 16.9. The van der Waals surface area contributed by atoms with Gasteiger partial charge >= 0.3 is 5.97 Å². The van der Waals surface area contributed by atoms with E-state index in [0.717, 1.165) is 35.6 Å². The van der Waals surface area contributed by atoms with Crippen molar-refractivity contribution in [3.05, 3.63) is 89.5 Å². The summed E-state index contributed by atoms with van der Waals surface area (Å²) in [5.74, 6) is -0.676. The Morgan fingerprint density at radius 3 is 2.29 bits per heavy atom. The van der Waals surface area contributed by atoms with E-state index in [0.29, 0.717) is 22.5 Å². The number of nitrogens with one attached hydrogen (secondary N) is 2. The van der Waals surface area contributed by atoms with E-state index in [1.54, 1.807) is 18.2 Å². The summed E-state index contributed by atoms with van der Waals surface area (Å²) in [7, 11) is 7.54. The van der Waals surface area contributed by atoms with Gasteiger partial charge in [-0.25, -0.2) is 4.79 Å². The summed E-state index contributed by atoms with van der Waals surface area (Å²) >= 11 is 0. The van der Waals surface area contributed by atoms with Crippen LogP contribution < -0.4 is 15.5 Å². The fourth-order valence-corrected chi connectivity index (χ4v) is 3.97. The Morgan fingerprint density at radius 1 is 0.914 bits per heavy atom. The molecule has 0 spiro atoms. The molecular formula is C28H30N4O3. The summed E-state index contributed by atoms with van der Waals surface area (Å²) in [4.78, 5) is 29.4. The van der Waals surface area contributed by atoms with Gasteiger partial charge in [-0.3, -0.25) is 4.79 Å². The van der Waals surface area contributed by atoms with Crippen molar-refractivity contribution in [1.82, 2.24) is 4.90 Å². The van der Waals surface area contributed by atoms with Gasteiger partial charge in [0.15, 0.2) is 0 Å². The molecule has 4 rings (SSSR count). The molecule has 35 heavy (non-hydrogen) atoms. The van der Waals surface area contributed by atoms with Gasteiger partial charge in [0.05, 0.1) is 29.6 Å². The number of ether oxygens (including phenoxy) is 1. The predicted octanol–water partition coefficient (Wildman–Crippen LogP) is 4.40. The lowest BCUT2D eigenvalue weighted by atomic mass is 9.99. The number of nitrogens with zero attached hydrogens (tertiary/aromatic N) is 2. The second kappa shape index (κ2) is 10.4. The number of carbonyl (C=O) groups excluding carboxylic acids is 2. The zero-order valence-corrected chi connectivity index (χ0v) is 20.5. The van der Waals surface area contributed by atoms with Crippen LogP contribution >= 0.6 is 0 Å². The van der Waals surface area contributed by atoms with E-state index in [1.165, 1.54) is 7.11 Å². The summed E-state index contributed by atoms with van der Waals surface area (Å²) in [6.07, 6.45) is 0. The standard InChI is InChI=1S/C28H30N4O3/c1-31(2)16-17-32(3)22-13-11-21(12-14-22)29-26(19-8-6-5-7-9-19)25-23-15-10-20(28(34)35-4)18-24(23)30-27(25)33/h5-15,18,29H,16-17H2,1-4H3,(H,30,33). The van der Waals surface area contributed by atoms with Gasteiger partial charge in [-0.1, -0.05) is 36.4 Å². The van der Waals surface area contributed by atoms with Crippen molar-refractivity contribution in [2.24, 2.45) is 0 Å². The third-order valence-electron chi connectivity index (χ3n) is 5.96. The molecule has 1 aliphatic rings. The van der Waals surface area contributed by atoms with Gasteiger partial charge in [0.2, 0.25) is 0 Å². The number of anilines is 3. The largest absolute Gasteiger partial charge is 0.465 e. The molecule has 0 bridgehead atoms. The monoisotopic (exact) mass is 470 g/mol. The van der Waals surface area contributed by atoms with E-state index in [-0.39, 0.29) is 5.91 Å². The number of esters is 1. The SMILES string of the molecule is COC(=O)c1ccc2c(c1)NC(=O)C2=C(Nc1ccc(N(C)CCN(C)C)cc1)c1ccccc1. The molecule has 0 unspecified atom stereocenters. The van der Waals surface area contributed by atoms with Gasteiger partial charge < -0.3 is 25.2 Å². The second-order valence-corrected chi connectivity index (χ2v) is 8.72. The molecule has 0 saturated carbocycles. The molecular weight excluding hydrogens is 440 g/mol. The molecule has 0 atom stereocenters. The van der Waals surface area contributed by atoms with Crippen LogP contribution in [0.15, 0.2) is 72.8 Å². The molecule has 0 aromatic heterocycles. The summed E-state index contributed by atoms with van der Waals surface area (Å²) in [6, 6.07) is 23.0. The topological polar surface area (TPSA) is 73.9 Å². The number of fused-ring (bicyclic) bond motifs is 1. The van der Waals surface area contributed by atoms with Crippen LogP contribution in [-0.4, -0.2) is 58.1 Å². The zero-order chi connectivity index (χ0) is 24.9. The van der Waals surface area contributed by atoms with Crippen LogP contribution in [0.2, 0.25) is 0 Å². The molecule has 180 valence electrons. The van der Waals surface area contributed by atoms with Gasteiger partial charge in [-0.15, -0.1) is 0 Å². The highest BCUT2D eigenvalue weighted by molar-refractivity contribution is 6.37. The van der Waals surface area contributed by atoms with E-state index < -0.39 is 5.97 Å². The third-order valence-corrected chi connectivity index (χ3v) is 5.96. The molecule has 1 amide bonds. The van der Waals surface area contributed by atoms with Gasteiger partial charge in [0.1, 0.15) is 0 Å². The van der Waals surface area contributed by atoms with Crippen molar-refractivity contribution in [3.63, 3.8) is 0 Å². The lowest BCUT2D eigenvalue weighted by Gasteiger charge is -2.22. The van der Waals surface area contributed by atoms with Crippen molar-refractivity contribution in [2.75, 3.05) is 56.9 Å². The fourth-order valence-electron chi connectivity index (χ4n) is 3.97. The minimum absolute atomic E-state index is 0.228. The van der Waals surface area contributed by atoms with Crippen LogP contribution in [0.5, 0.6) is 0 Å². The average molecular weight is 471 g/mol. The van der Waals surface area contributed by atoms with E-state index in [1.807, 2.05) is 42.5 Å². The van der Waals surface area contributed by atoms with Crippen molar-refractivity contribution in [1.29, 1.82) is 0 Å². The van der Waals surface area contributed by atoms with Gasteiger partial charge in [0.25, 0.3) is 5.91 Å². The first-order valence-corrected chi connectivity index (χ1v) is 11.4. The maximum Gasteiger partial charge on any atom is 0.337 e. The molecule has 0 saturated heterocycles. The van der Waals surface area contributed by atoms with Crippen LogP contribution in [0.1, 0.15) is 21.5 Å². The van der Waals surface area contributed by atoms with Gasteiger partial charge in [-0.2, -0.15) is 0 Å². The highest BCUT2D eigenvalue weighted by Crippen LogP contribution is 2.38. The van der Waals surface area contributed by atoms with E-state index in [4.69, 9.17) is 4.74 Å². The van der Waals surface area contributed by atoms with Crippen molar-refractivity contribution < 1.29 is 14.3 Å². The molecule has 3 aromatic carbocycles. The molecule has 0 radical (unpaired) electrons. The maximum atomic E-state index is 13.1. The number of amides is 1. The fraction of sp³-hybridized carbons (Fsp3) is 0.214. The number of hydrogen-bond donors (Lipinski definition) is 2. The Bertz CT molecular complexity index is 1250. The highest BCUT2D eigenvalue weighted by Gasteiger charge is 2.29. The van der Waals surface area contributed by atoms with Crippen LogP contribution in [0.3, 0.4) is 0 Å². The van der Waals surface area contributed by atoms with Crippen LogP contribution in [0.25, 0.3) is 11.3 Å². The third kappa shape index (κ3) is 5.36. The van der Waals surface area contributed by atoms with Gasteiger partial charge in [0, 0.05) is 37.1 Å². The smallest absolute Gasteiger partial charge is 0.337 e. The summed E-state index contributed by atoms with van der Waals surface area (Å²) in [6.45, 7) is 1.89. The molecule has 3 aromatic rings. The minimum Gasteiger partial charge on any atom is -0.465 e. The molecule has 7 heteroatoms. The number of likely N-dealkylation sites (N-methyl/N-ethyl adjacent to an activating group) is 2. The molecule has 2 N–H and O–H groups in total. The lowest BCUT2D eigenvalue weighted by Crippen LogP contribution is -2.28. The van der Waals surface area contributed by atoms with Crippen molar-refractivity contribution in [3.8, 4) is 0 Å². The second-order valence-electron chi connectivity index (χ2n) is 8.72. The Labute approximate surface area is 206 Å². The first-order valence-electron chi connectivity index (χ1n) is 11.4. The Balaban J connectivity index is 1.70. The quantitative estimate of drug-likeness (QED) is 0.375. The van der Waals surface area contributed by atoms with E-state index >= 15 is 0 Å². The maximum absolute atomic E-state index is 13.1. The highest BCUT2D eigenvalue weighted by atomic mass is 16.5. The summed E-state index contributed by atoms with van der Waals surface area (Å²) in [5.41, 5.74) is 5.79. The summed E-state index contributed by atoms with van der Waals surface area (Å²) < 4.78 is 4.82. The molecule has 0 aliphatic carbocycles. The number of benzene rings is 3. The van der Waals surface area contributed by atoms with Crippen LogP contribution in [0, 0.1) is 0 Å². The normalized spacial score (nSPS) is 13.8. The summed E-state index contributed by atoms with van der Waals surface area (Å²) in [5, 5.41) is 6.37. The average Bonchev–Trinajstić information content (AvgIpc) is 3.20. The Hall–Kier alpha value is -4.10. The number of rotatable bonds is 8. The molecule has 7 nitrogen and oxygen atoms in total. The number of methoxy groups -OCH3 is 1. The van der Waals surface area contributed by atoms with Crippen LogP contribution in [-0.2, 0) is 9.53 Å². The Kier molecular flexibility index (Phi) is 7.17. The zero-order valence-electron chi connectivity index (χ0n) is 20.5. The molecule has 1 aliphatic heterocycles. The van der Waals surface area contributed by atoms with Crippen molar-refractivity contribution >= 4 is 40.2 Å². The van der Waals surface area contributed by atoms with E-state index in [9.17, 15) is 9.59 Å². The Morgan fingerprint density at radius 2 is 1.63 bits per heavy atom. The molecule has 0 fully saturated rings. The van der Waals surface area contributed by atoms with Crippen LogP contribution in [0.4, 0.5) is 17.1 Å². The van der Waals surface area contributed by atoms with Gasteiger partial charge in [-0.05, 0) is 56.1 Å². The predicted molar refractivity (Wildman–Crippen MR) is 142 cm³/mol. The number of carbonyl (C=O) groups is 2. The number of hydrogen-bond acceptors (Lipinski definition) is 6. The van der Waals surface area contributed by atoms with Crippen molar-refractivity contribution in [2.45, 2.75) is 0 Å². The minimum atomic E-state index is -0.448. The molecule has 1 heterocycles. The van der Waals surface area contributed by atoms with E-state index in [2.05, 4.69) is 53.7 Å². The lowest BCUT2D eigenvalue weighted by molar-refractivity contribution is -0.110.